The van der Waals surface area contributed by atoms with Crippen LogP contribution in [0.15, 0.2) is 22.7 Å². The Bertz CT molecular complexity index is 538. The number of halogens is 2. The van der Waals surface area contributed by atoms with Gasteiger partial charge in [-0.25, -0.2) is 9.07 Å². The van der Waals surface area contributed by atoms with Crippen molar-refractivity contribution in [2.75, 3.05) is 5.73 Å². The van der Waals surface area contributed by atoms with E-state index in [-0.39, 0.29) is 5.82 Å². The van der Waals surface area contributed by atoms with Gasteiger partial charge in [0.25, 0.3) is 0 Å². The lowest BCUT2D eigenvalue weighted by molar-refractivity contribution is 0.566. The van der Waals surface area contributed by atoms with Gasteiger partial charge in [0.1, 0.15) is 5.82 Å². The summed E-state index contributed by atoms with van der Waals surface area (Å²) in [5.41, 5.74) is 7.05. The first-order valence-corrected chi connectivity index (χ1v) is 6.03. The third kappa shape index (κ3) is 2.46. The highest BCUT2D eigenvalue weighted by molar-refractivity contribution is 9.10. The number of anilines is 1. The molecule has 1 aromatic heterocycles. The van der Waals surface area contributed by atoms with E-state index >= 15 is 0 Å². The number of nitrogens with two attached hydrogens (primary N) is 1. The van der Waals surface area contributed by atoms with Crippen LogP contribution in [0, 0.1) is 5.82 Å². The lowest BCUT2D eigenvalue weighted by Gasteiger charge is -2.06. The molecule has 0 spiro atoms. The predicted octanol–water partition coefficient (Wildman–Crippen LogP) is 2.37. The largest absolute Gasteiger partial charge is 0.381 e. The van der Waals surface area contributed by atoms with E-state index in [0.29, 0.717) is 24.3 Å². The predicted molar refractivity (Wildman–Crippen MR) is 67.0 cm³/mol. The zero-order chi connectivity index (χ0) is 12.4. The zero-order valence-electron chi connectivity index (χ0n) is 9.32. The molecule has 2 rings (SSSR count). The number of nitrogens with zero attached hydrogens (tertiary/aromatic N) is 3. The molecular formula is C11H12BrFN4. The minimum atomic E-state index is -0.260. The highest BCUT2D eigenvalue weighted by Gasteiger charge is 2.10. The summed E-state index contributed by atoms with van der Waals surface area (Å²) in [5.74, 6) is 0.146. The van der Waals surface area contributed by atoms with E-state index < -0.39 is 0 Å². The number of rotatable bonds is 3. The van der Waals surface area contributed by atoms with Crippen LogP contribution < -0.4 is 5.73 Å². The molecule has 2 N–H and O–H groups in total. The normalized spacial score (nSPS) is 10.8. The fourth-order valence-corrected chi connectivity index (χ4v) is 2.07. The first kappa shape index (κ1) is 12.0. The molecule has 6 heteroatoms. The molecule has 2 aromatic rings. The first-order valence-electron chi connectivity index (χ1n) is 5.23. The van der Waals surface area contributed by atoms with Gasteiger partial charge >= 0.3 is 0 Å². The van der Waals surface area contributed by atoms with Crippen molar-refractivity contribution in [2.45, 2.75) is 19.9 Å². The minimum absolute atomic E-state index is 0.260. The van der Waals surface area contributed by atoms with E-state index in [1.54, 1.807) is 16.8 Å². The molecule has 0 aliphatic carbocycles. The Hall–Kier alpha value is -1.43. The fourth-order valence-electron chi connectivity index (χ4n) is 1.66. The van der Waals surface area contributed by atoms with Gasteiger partial charge in [-0.15, -0.1) is 5.10 Å². The van der Waals surface area contributed by atoms with Crippen molar-refractivity contribution in [2.24, 2.45) is 0 Å². The lowest BCUT2D eigenvalue weighted by Crippen LogP contribution is -2.08. The molecule has 0 radical (unpaired) electrons. The quantitative estimate of drug-likeness (QED) is 0.946. The third-order valence-electron chi connectivity index (χ3n) is 2.53. The SMILES string of the molecule is CCc1c(N)nnn1Cc1cc(Br)ccc1F. The maximum Gasteiger partial charge on any atom is 0.169 e. The second-order valence-electron chi connectivity index (χ2n) is 3.67. The molecule has 0 aliphatic rings. The minimum Gasteiger partial charge on any atom is -0.381 e. The van der Waals surface area contributed by atoms with E-state index in [1.807, 2.05) is 6.92 Å². The Kier molecular flexibility index (Phi) is 3.42. The average molecular weight is 299 g/mol. The molecule has 90 valence electrons. The van der Waals surface area contributed by atoms with Gasteiger partial charge in [-0.2, -0.15) is 0 Å². The molecule has 0 atom stereocenters. The molecule has 4 nitrogen and oxygen atoms in total. The molecule has 1 heterocycles. The van der Waals surface area contributed by atoms with Gasteiger partial charge in [0.15, 0.2) is 5.82 Å². The number of hydrogen-bond acceptors (Lipinski definition) is 3. The van der Waals surface area contributed by atoms with Crippen LogP contribution in [0.4, 0.5) is 10.2 Å². The van der Waals surface area contributed by atoms with E-state index in [0.717, 1.165) is 10.2 Å². The Morgan fingerprint density at radius 3 is 2.94 bits per heavy atom. The zero-order valence-corrected chi connectivity index (χ0v) is 10.9. The maximum atomic E-state index is 13.6. The summed E-state index contributed by atoms with van der Waals surface area (Å²) in [6, 6.07) is 4.81. The molecule has 1 aromatic carbocycles. The number of hydrogen-bond donors (Lipinski definition) is 1. The van der Waals surface area contributed by atoms with Crippen molar-refractivity contribution in [3.8, 4) is 0 Å². The monoisotopic (exact) mass is 298 g/mol. The van der Waals surface area contributed by atoms with Crippen molar-refractivity contribution >= 4 is 21.7 Å². The van der Waals surface area contributed by atoms with Gasteiger partial charge in [0.05, 0.1) is 12.2 Å². The summed E-state index contributed by atoms with van der Waals surface area (Å²) in [5, 5.41) is 7.70. The van der Waals surface area contributed by atoms with Crippen LogP contribution >= 0.6 is 15.9 Å². The average Bonchev–Trinajstić information content (AvgIpc) is 2.64. The Morgan fingerprint density at radius 2 is 2.24 bits per heavy atom. The van der Waals surface area contributed by atoms with Crippen LogP contribution in [0.5, 0.6) is 0 Å². The Balaban J connectivity index is 2.34. The van der Waals surface area contributed by atoms with Crippen molar-refractivity contribution < 1.29 is 4.39 Å². The second-order valence-corrected chi connectivity index (χ2v) is 4.58. The highest BCUT2D eigenvalue weighted by atomic mass is 79.9. The second kappa shape index (κ2) is 4.83. The van der Waals surface area contributed by atoms with Gasteiger partial charge < -0.3 is 5.73 Å². The van der Waals surface area contributed by atoms with E-state index in [4.69, 9.17) is 5.73 Å². The summed E-state index contributed by atoms with van der Waals surface area (Å²) in [6.45, 7) is 2.29. The van der Waals surface area contributed by atoms with Crippen LogP contribution in [0.1, 0.15) is 18.2 Å². The van der Waals surface area contributed by atoms with E-state index in [2.05, 4.69) is 26.2 Å². The van der Waals surface area contributed by atoms with E-state index in [1.165, 1.54) is 6.07 Å². The van der Waals surface area contributed by atoms with E-state index in [9.17, 15) is 4.39 Å². The highest BCUT2D eigenvalue weighted by Crippen LogP contribution is 2.18. The summed E-state index contributed by atoms with van der Waals surface area (Å²) >= 11 is 3.31. The van der Waals surface area contributed by atoms with Crippen LogP contribution in [-0.2, 0) is 13.0 Å². The molecule has 0 saturated carbocycles. The number of benzene rings is 1. The molecular weight excluding hydrogens is 287 g/mol. The van der Waals surface area contributed by atoms with Crippen LogP contribution in [0.25, 0.3) is 0 Å². The van der Waals surface area contributed by atoms with Crippen LogP contribution in [0.2, 0.25) is 0 Å². The summed E-state index contributed by atoms with van der Waals surface area (Å²) in [4.78, 5) is 0. The molecule has 0 fully saturated rings. The van der Waals surface area contributed by atoms with Gasteiger partial charge in [-0.1, -0.05) is 28.1 Å². The maximum absolute atomic E-state index is 13.6. The summed E-state index contributed by atoms with van der Waals surface area (Å²) in [6.07, 6.45) is 0.717. The first-order chi connectivity index (χ1) is 8.11. The van der Waals surface area contributed by atoms with Gasteiger partial charge in [0, 0.05) is 10.0 Å². The van der Waals surface area contributed by atoms with Crippen molar-refractivity contribution in [3.63, 3.8) is 0 Å². The number of nitrogen functional groups attached to an aromatic ring is 1. The van der Waals surface area contributed by atoms with Crippen LogP contribution in [0.3, 0.4) is 0 Å². The summed E-state index contributed by atoms with van der Waals surface area (Å²) in [7, 11) is 0. The molecule has 0 aliphatic heterocycles. The van der Waals surface area contributed by atoms with Gasteiger partial charge in [0.2, 0.25) is 0 Å². The molecule has 0 bridgehead atoms. The Labute approximate surface area is 107 Å². The van der Waals surface area contributed by atoms with Gasteiger partial charge in [-0.3, -0.25) is 0 Å². The van der Waals surface area contributed by atoms with Crippen molar-refractivity contribution in [3.05, 3.63) is 39.7 Å². The van der Waals surface area contributed by atoms with Crippen molar-refractivity contribution in [1.82, 2.24) is 15.0 Å². The molecule has 17 heavy (non-hydrogen) atoms. The molecule has 0 amide bonds. The molecule has 0 saturated heterocycles. The number of aromatic nitrogens is 3. The lowest BCUT2D eigenvalue weighted by atomic mass is 10.2. The summed E-state index contributed by atoms with van der Waals surface area (Å²) < 4.78 is 16.0. The van der Waals surface area contributed by atoms with Crippen LogP contribution in [-0.4, -0.2) is 15.0 Å². The standard InChI is InChI=1S/C11H12BrFN4/c1-2-10-11(14)15-16-17(10)6-7-5-8(12)3-4-9(7)13/h3-5H,2,6,14H2,1H3. The third-order valence-corrected chi connectivity index (χ3v) is 3.02. The topological polar surface area (TPSA) is 56.7 Å². The van der Waals surface area contributed by atoms with Gasteiger partial charge in [-0.05, 0) is 24.6 Å². The smallest absolute Gasteiger partial charge is 0.169 e. The Morgan fingerprint density at radius 1 is 1.47 bits per heavy atom. The van der Waals surface area contributed by atoms with Crippen molar-refractivity contribution in [1.29, 1.82) is 0 Å². The molecule has 0 unspecified atom stereocenters. The fraction of sp³-hybridized carbons (Fsp3) is 0.273.